The second kappa shape index (κ2) is 10.2. The molecule has 3 unspecified atom stereocenters. The van der Waals surface area contributed by atoms with Gasteiger partial charge in [-0.2, -0.15) is 0 Å². The number of ether oxygens (including phenoxy) is 4. The Balaban J connectivity index is 1.43. The summed E-state index contributed by atoms with van der Waals surface area (Å²) in [6, 6.07) is 14.3. The van der Waals surface area contributed by atoms with Crippen molar-refractivity contribution >= 4 is 29.1 Å². The molecule has 0 fully saturated rings. The number of nitrogens with zero attached hydrogens (tertiary/aromatic N) is 1. The number of carbonyl (C=O) groups is 3. The summed E-state index contributed by atoms with van der Waals surface area (Å²) in [6.07, 6.45) is 1.91. The first-order chi connectivity index (χ1) is 19.8. The van der Waals surface area contributed by atoms with Gasteiger partial charge in [0, 0.05) is 47.4 Å². The molecule has 41 heavy (non-hydrogen) atoms. The molecule has 210 valence electrons. The van der Waals surface area contributed by atoms with Gasteiger partial charge in [-0.25, -0.2) is 0 Å². The topological polar surface area (TPSA) is 113 Å². The molecule has 2 aromatic carbocycles. The largest absolute Gasteiger partial charge is 0.496 e. The number of amides is 1. The number of methoxy groups -OCH3 is 2. The number of benzene rings is 2. The summed E-state index contributed by atoms with van der Waals surface area (Å²) in [4.78, 5) is 46.0. The zero-order valence-electron chi connectivity index (χ0n) is 22.7. The highest BCUT2D eigenvalue weighted by atomic mass is 35.5. The minimum atomic E-state index is -1.88. The number of pyridine rings is 1. The lowest BCUT2D eigenvalue weighted by Crippen LogP contribution is -2.59. The second-order valence-electron chi connectivity index (χ2n) is 10.2. The van der Waals surface area contributed by atoms with Crippen molar-refractivity contribution < 1.29 is 33.3 Å². The van der Waals surface area contributed by atoms with Gasteiger partial charge in [-0.1, -0.05) is 42.8 Å². The molecular formula is C31H27ClN2O7. The Morgan fingerprint density at radius 1 is 1.00 bits per heavy atom. The Labute approximate surface area is 241 Å². The van der Waals surface area contributed by atoms with Crippen molar-refractivity contribution in [2.45, 2.75) is 37.9 Å². The molecule has 1 N–H and O–H groups in total. The van der Waals surface area contributed by atoms with Crippen LogP contribution in [0.3, 0.4) is 0 Å². The lowest BCUT2D eigenvalue weighted by molar-refractivity contribution is -0.131. The van der Waals surface area contributed by atoms with E-state index >= 15 is 0 Å². The van der Waals surface area contributed by atoms with Crippen LogP contribution in [0.5, 0.6) is 23.0 Å². The second-order valence-corrected chi connectivity index (χ2v) is 10.6. The third kappa shape index (κ3) is 4.14. The fourth-order valence-corrected chi connectivity index (χ4v) is 6.26. The Hall–Kier alpha value is -4.37. The van der Waals surface area contributed by atoms with Crippen LogP contribution < -0.4 is 24.3 Å². The number of hydrogen-bond acceptors (Lipinski definition) is 8. The minimum Gasteiger partial charge on any atom is -0.496 e. The first kappa shape index (κ1) is 26.8. The minimum absolute atomic E-state index is 0.00195. The van der Waals surface area contributed by atoms with Crippen molar-refractivity contribution in [2.24, 2.45) is 5.92 Å². The SMILES string of the molecule is COc1cc(OC)c2c(c1Cl)OC1(C(=O)C3=C(CC1C)NC(=O)CC3c1ccccc1OCc1ccccn1)C2=O. The molecule has 0 saturated heterocycles. The molecule has 3 atom stereocenters. The molecule has 1 amide bonds. The molecular weight excluding hydrogens is 548 g/mol. The van der Waals surface area contributed by atoms with Crippen LogP contribution in [0.4, 0.5) is 0 Å². The van der Waals surface area contributed by atoms with Crippen molar-refractivity contribution in [3.8, 4) is 23.0 Å². The van der Waals surface area contributed by atoms with Gasteiger partial charge < -0.3 is 24.3 Å². The maximum atomic E-state index is 14.6. The number of ketones is 2. The molecule has 3 heterocycles. The van der Waals surface area contributed by atoms with Crippen LogP contribution >= 0.6 is 11.6 Å². The summed E-state index contributed by atoms with van der Waals surface area (Å²) in [5, 5.41) is 2.96. The van der Waals surface area contributed by atoms with E-state index in [0.29, 0.717) is 22.6 Å². The highest BCUT2D eigenvalue weighted by Gasteiger charge is 2.63. The van der Waals surface area contributed by atoms with Crippen LogP contribution in [-0.2, 0) is 16.2 Å². The number of Topliss-reactive ketones (excluding diaryl/α,β-unsaturated/α-hetero) is 2. The smallest absolute Gasteiger partial charge is 0.236 e. The first-order valence-corrected chi connectivity index (χ1v) is 13.6. The van der Waals surface area contributed by atoms with Gasteiger partial charge in [-0.3, -0.25) is 19.4 Å². The number of para-hydroxylation sites is 1. The maximum absolute atomic E-state index is 14.6. The van der Waals surface area contributed by atoms with Crippen molar-refractivity contribution in [3.63, 3.8) is 0 Å². The predicted octanol–water partition coefficient (Wildman–Crippen LogP) is 4.81. The number of allylic oxidation sites excluding steroid dienone is 1. The van der Waals surface area contributed by atoms with Gasteiger partial charge in [0.25, 0.3) is 0 Å². The lowest BCUT2D eigenvalue weighted by Gasteiger charge is -2.41. The number of carbonyl (C=O) groups excluding carboxylic acids is 3. The average Bonchev–Trinajstić information content (AvgIpc) is 3.30. The fourth-order valence-electron chi connectivity index (χ4n) is 5.99. The van der Waals surface area contributed by atoms with Crippen LogP contribution in [0, 0.1) is 5.92 Å². The molecule has 10 heteroatoms. The van der Waals surface area contributed by atoms with E-state index in [4.69, 9.17) is 30.5 Å². The summed E-state index contributed by atoms with van der Waals surface area (Å²) in [7, 11) is 2.86. The van der Waals surface area contributed by atoms with E-state index in [1.54, 1.807) is 19.2 Å². The van der Waals surface area contributed by atoms with E-state index in [1.165, 1.54) is 20.3 Å². The number of aromatic nitrogens is 1. The zero-order chi connectivity index (χ0) is 28.9. The van der Waals surface area contributed by atoms with E-state index in [0.717, 1.165) is 5.69 Å². The molecule has 3 aromatic rings. The van der Waals surface area contributed by atoms with Crippen LogP contribution in [-0.4, -0.2) is 42.3 Å². The molecule has 0 bridgehead atoms. The van der Waals surface area contributed by atoms with Gasteiger partial charge in [0.05, 0.1) is 19.9 Å². The van der Waals surface area contributed by atoms with E-state index in [-0.39, 0.29) is 53.2 Å². The summed E-state index contributed by atoms with van der Waals surface area (Å²) in [6.45, 7) is 1.96. The summed E-state index contributed by atoms with van der Waals surface area (Å²) in [5.41, 5.74) is 0.405. The molecule has 6 rings (SSSR count). The number of fused-ring (bicyclic) bond motifs is 1. The Bertz CT molecular complexity index is 1620. The Kier molecular flexibility index (Phi) is 6.69. The summed E-state index contributed by atoms with van der Waals surface area (Å²) in [5.74, 6) is -1.54. The van der Waals surface area contributed by atoms with E-state index in [9.17, 15) is 14.4 Å². The normalized spacial score (nSPS) is 23.1. The van der Waals surface area contributed by atoms with Crippen molar-refractivity contribution in [1.82, 2.24) is 10.3 Å². The Morgan fingerprint density at radius 2 is 1.76 bits per heavy atom. The highest BCUT2D eigenvalue weighted by Crippen LogP contribution is 2.55. The number of hydrogen-bond donors (Lipinski definition) is 1. The molecule has 0 saturated carbocycles. The average molecular weight is 575 g/mol. The molecule has 9 nitrogen and oxygen atoms in total. The monoisotopic (exact) mass is 574 g/mol. The zero-order valence-corrected chi connectivity index (χ0v) is 23.4. The lowest BCUT2D eigenvalue weighted by atomic mass is 9.66. The van der Waals surface area contributed by atoms with Crippen molar-refractivity contribution in [3.05, 3.63) is 87.8 Å². The van der Waals surface area contributed by atoms with Gasteiger partial charge in [0.2, 0.25) is 23.1 Å². The van der Waals surface area contributed by atoms with E-state index < -0.39 is 29.0 Å². The van der Waals surface area contributed by atoms with Crippen LogP contribution in [0.2, 0.25) is 5.02 Å². The van der Waals surface area contributed by atoms with E-state index in [1.807, 2.05) is 36.4 Å². The summed E-state index contributed by atoms with van der Waals surface area (Å²) >= 11 is 6.57. The van der Waals surface area contributed by atoms with Gasteiger partial charge in [-0.05, 0) is 24.6 Å². The fraction of sp³-hybridized carbons (Fsp3) is 0.290. The predicted molar refractivity (Wildman–Crippen MR) is 149 cm³/mol. The van der Waals surface area contributed by atoms with Crippen LogP contribution in [0.25, 0.3) is 0 Å². The standard InChI is InChI=1S/C31H27ClN2O7/c1-16-12-20-25(29(36)31(16)30(37)26-22(38-2)14-23(39-3)27(32)28(26)41-31)19(13-24(35)34-20)18-9-4-5-10-21(18)40-15-17-8-6-7-11-33-17/h4-11,14,16,19H,12-13,15H2,1-3H3,(H,34,35). The molecule has 2 aliphatic heterocycles. The molecule has 1 aliphatic carbocycles. The van der Waals surface area contributed by atoms with Crippen molar-refractivity contribution in [2.75, 3.05) is 14.2 Å². The maximum Gasteiger partial charge on any atom is 0.236 e. The molecule has 3 aliphatic rings. The van der Waals surface area contributed by atoms with Gasteiger partial charge in [0.15, 0.2) is 5.75 Å². The molecule has 0 radical (unpaired) electrons. The Morgan fingerprint density at radius 3 is 2.49 bits per heavy atom. The van der Waals surface area contributed by atoms with Crippen LogP contribution in [0.15, 0.2) is 66.0 Å². The summed E-state index contributed by atoms with van der Waals surface area (Å²) < 4.78 is 23.3. The van der Waals surface area contributed by atoms with Gasteiger partial charge in [0.1, 0.15) is 34.4 Å². The van der Waals surface area contributed by atoms with Crippen molar-refractivity contribution in [1.29, 1.82) is 0 Å². The van der Waals surface area contributed by atoms with Crippen LogP contribution in [0.1, 0.15) is 47.3 Å². The van der Waals surface area contributed by atoms with Gasteiger partial charge in [-0.15, -0.1) is 0 Å². The van der Waals surface area contributed by atoms with E-state index in [2.05, 4.69) is 10.3 Å². The first-order valence-electron chi connectivity index (χ1n) is 13.2. The third-order valence-corrected chi connectivity index (χ3v) is 8.31. The number of nitrogens with one attached hydrogen (secondary N) is 1. The highest BCUT2D eigenvalue weighted by molar-refractivity contribution is 6.36. The quantitative estimate of drug-likeness (QED) is 0.417. The molecule has 1 spiro atoms. The number of halogens is 1. The number of rotatable bonds is 6. The van der Waals surface area contributed by atoms with Gasteiger partial charge >= 0.3 is 0 Å². The third-order valence-electron chi connectivity index (χ3n) is 7.95. The molecule has 1 aromatic heterocycles.